The van der Waals surface area contributed by atoms with Crippen molar-refractivity contribution < 1.29 is 35.7 Å². The lowest BCUT2D eigenvalue weighted by Crippen LogP contribution is -2.14. The van der Waals surface area contributed by atoms with E-state index in [4.69, 9.17) is 9.29 Å². The zero-order valence-corrected chi connectivity index (χ0v) is 24.8. The van der Waals surface area contributed by atoms with Gasteiger partial charge in [-0.1, -0.05) is 69.3 Å². The molecule has 0 spiro atoms. The number of rotatable bonds is 11. The lowest BCUT2D eigenvalue weighted by atomic mass is 9.85. The van der Waals surface area contributed by atoms with Gasteiger partial charge in [0.1, 0.15) is 11.9 Å². The average molecular weight is 591 g/mol. The number of Topliss-reactive ketones (excluding diaryl/α,β-unsaturated/α-hetero) is 1. The summed E-state index contributed by atoms with van der Waals surface area (Å²) in [5.74, 6) is -0.401. The molecule has 0 amide bonds. The minimum absolute atomic E-state index is 0.0281. The zero-order chi connectivity index (χ0) is 30.6. The number of carbonyl (C=O) groups is 1. The van der Waals surface area contributed by atoms with Gasteiger partial charge in [-0.3, -0.25) is 9.35 Å². The Morgan fingerprint density at radius 1 is 0.927 bits per heavy atom. The van der Waals surface area contributed by atoms with E-state index in [1.54, 1.807) is 12.1 Å². The first-order valence-electron chi connectivity index (χ1n) is 13.5. The molecule has 3 rings (SSSR count). The number of benzene rings is 3. The van der Waals surface area contributed by atoms with Crippen LogP contribution in [0.25, 0.3) is 11.1 Å². The molecule has 0 fully saturated rings. The molecule has 1 atom stereocenters. The Bertz CT molecular complexity index is 1430. The minimum atomic E-state index is -4.36. The number of hydrogen-bond donors (Lipinski definition) is 1. The topological polar surface area (TPSA) is 80.7 Å². The third kappa shape index (κ3) is 9.71. The smallest absolute Gasteiger partial charge is 0.389 e. The molecular formula is C32H37F3O5S. The predicted molar refractivity (Wildman–Crippen MR) is 155 cm³/mol. The Labute approximate surface area is 240 Å². The van der Waals surface area contributed by atoms with Crippen LogP contribution >= 0.6 is 0 Å². The van der Waals surface area contributed by atoms with Gasteiger partial charge in [-0.2, -0.15) is 21.6 Å². The van der Waals surface area contributed by atoms with Crippen LogP contribution in [0.4, 0.5) is 13.2 Å². The molecule has 0 aromatic heterocycles. The fourth-order valence-corrected chi connectivity index (χ4v) is 5.29. The van der Waals surface area contributed by atoms with Crippen LogP contribution in [0.3, 0.4) is 0 Å². The van der Waals surface area contributed by atoms with Crippen LogP contribution in [0.1, 0.15) is 85.2 Å². The Morgan fingerprint density at radius 3 is 1.98 bits per heavy atom. The molecule has 222 valence electrons. The van der Waals surface area contributed by atoms with Crippen molar-refractivity contribution in [2.75, 3.05) is 5.75 Å². The van der Waals surface area contributed by atoms with E-state index in [0.29, 0.717) is 16.9 Å². The fourth-order valence-electron chi connectivity index (χ4n) is 4.78. The first-order valence-corrected chi connectivity index (χ1v) is 15.1. The van der Waals surface area contributed by atoms with Gasteiger partial charge in [0.2, 0.25) is 0 Å². The third-order valence-electron chi connectivity index (χ3n) is 6.92. The van der Waals surface area contributed by atoms with Crippen molar-refractivity contribution in [1.29, 1.82) is 0 Å². The Balaban J connectivity index is 1.83. The standard InChI is InChI=1S/C32H37F3O5S/c1-21-19-27(20-22(2)30(21)25-12-14-26(15-13-25)31(3,4)5)40-29(16-17-32(33,34)35)24-10-8-23(9-11-24)28(36)7-6-18-41(37,38)39/h8-15,19-20,29H,6-7,16-18H2,1-5H3,(H,37,38,39)/t29-/m0/s1. The normalized spacial score (nSPS) is 13.2. The molecule has 0 saturated carbocycles. The zero-order valence-electron chi connectivity index (χ0n) is 24.0. The number of halogens is 3. The molecule has 0 unspecified atom stereocenters. The quantitative estimate of drug-likeness (QED) is 0.179. The number of ether oxygens (including phenoxy) is 1. The van der Waals surface area contributed by atoms with Crippen molar-refractivity contribution in [2.24, 2.45) is 0 Å². The molecule has 3 aromatic carbocycles. The molecule has 0 radical (unpaired) electrons. The van der Waals surface area contributed by atoms with Crippen molar-refractivity contribution in [3.05, 3.63) is 88.5 Å². The van der Waals surface area contributed by atoms with E-state index in [2.05, 4.69) is 45.0 Å². The summed E-state index contributed by atoms with van der Waals surface area (Å²) in [7, 11) is -4.16. The van der Waals surface area contributed by atoms with Gasteiger partial charge in [-0.15, -0.1) is 0 Å². The van der Waals surface area contributed by atoms with Gasteiger partial charge in [0.15, 0.2) is 5.78 Å². The Kier molecular flexibility index (Phi) is 10.1. The van der Waals surface area contributed by atoms with Crippen molar-refractivity contribution in [1.82, 2.24) is 0 Å². The number of carbonyl (C=O) groups excluding carboxylic acids is 1. The second-order valence-corrected chi connectivity index (χ2v) is 13.0. The van der Waals surface area contributed by atoms with Crippen LogP contribution in [0, 0.1) is 13.8 Å². The SMILES string of the molecule is Cc1cc(O[C@@H](CCC(F)(F)F)c2ccc(C(=O)CCCS(=O)(=O)O)cc2)cc(C)c1-c1ccc(C(C)(C)C)cc1. The summed E-state index contributed by atoms with van der Waals surface area (Å²) in [5.41, 5.74) is 5.99. The summed E-state index contributed by atoms with van der Waals surface area (Å²) in [5, 5.41) is 0. The van der Waals surface area contributed by atoms with Gasteiger partial charge in [0, 0.05) is 18.4 Å². The maximum Gasteiger partial charge on any atom is 0.389 e. The Hall–Kier alpha value is -3.17. The van der Waals surface area contributed by atoms with Gasteiger partial charge in [-0.05, 0) is 77.6 Å². The molecule has 0 aliphatic heterocycles. The van der Waals surface area contributed by atoms with Gasteiger partial charge in [-0.25, -0.2) is 0 Å². The molecule has 5 nitrogen and oxygen atoms in total. The molecular weight excluding hydrogens is 553 g/mol. The number of hydrogen-bond acceptors (Lipinski definition) is 4. The van der Waals surface area contributed by atoms with Crippen LogP contribution in [0.2, 0.25) is 0 Å². The van der Waals surface area contributed by atoms with Crippen molar-refractivity contribution in [3.8, 4) is 16.9 Å². The van der Waals surface area contributed by atoms with Crippen molar-refractivity contribution in [2.45, 2.75) is 78.0 Å². The third-order valence-corrected chi connectivity index (χ3v) is 7.73. The van der Waals surface area contributed by atoms with Gasteiger partial charge < -0.3 is 4.74 Å². The second kappa shape index (κ2) is 12.8. The first-order chi connectivity index (χ1) is 18.9. The lowest BCUT2D eigenvalue weighted by Gasteiger charge is -2.23. The summed E-state index contributed by atoms with van der Waals surface area (Å²) in [6.45, 7) is 10.3. The highest BCUT2D eigenvalue weighted by molar-refractivity contribution is 7.85. The molecule has 0 bridgehead atoms. The van der Waals surface area contributed by atoms with E-state index in [1.165, 1.54) is 17.7 Å². The van der Waals surface area contributed by atoms with E-state index < -0.39 is 34.6 Å². The summed E-state index contributed by atoms with van der Waals surface area (Å²) < 4.78 is 76.2. The maximum atomic E-state index is 13.2. The van der Waals surface area contributed by atoms with E-state index >= 15 is 0 Å². The summed E-state index contributed by atoms with van der Waals surface area (Å²) in [6.07, 6.45) is -6.73. The largest absolute Gasteiger partial charge is 0.486 e. The number of aryl methyl sites for hydroxylation is 2. The number of ketones is 1. The molecule has 41 heavy (non-hydrogen) atoms. The van der Waals surface area contributed by atoms with Crippen molar-refractivity contribution >= 4 is 15.9 Å². The highest BCUT2D eigenvalue weighted by Gasteiger charge is 2.30. The van der Waals surface area contributed by atoms with Gasteiger partial charge in [0.25, 0.3) is 10.1 Å². The fraction of sp³-hybridized carbons (Fsp3) is 0.406. The van der Waals surface area contributed by atoms with E-state index in [1.807, 2.05) is 26.0 Å². The minimum Gasteiger partial charge on any atom is -0.486 e. The van der Waals surface area contributed by atoms with Gasteiger partial charge in [0.05, 0.1) is 5.75 Å². The Morgan fingerprint density at radius 2 is 1.49 bits per heavy atom. The molecule has 0 saturated heterocycles. The van der Waals surface area contributed by atoms with Gasteiger partial charge >= 0.3 is 6.18 Å². The van der Waals surface area contributed by atoms with E-state index in [9.17, 15) is 26.4 Å². The average Bonchev–Trinajstić information content (AvgIpc) is 2.84. The molecule has 0 aliphatic rings. The molecule has 0 heterocycles. The van der Waals surface area contributed by atoms with Crippen LogP contribution < -0.4 is 4.74 Å². The first kappa shape index (κ1) is 32.3. The summed E-state index contributed by atoms with van der Waals surface area (Å²) >= 11 is 0. The van der Waals surface area contributed by atoms with E-state index in [0.717, 1.165) is 22.3 Å². The summed E-state index contributed by atoms with van der Waals surface area (Å²) in [4.78, 5) is 12.4. The number of alkyl halides is 3. The molecule has 3 aromatic rings. The molecule has 1 N–H and O–H groups in total. The van der Waals surface area contributed by atoms with Crippen LogP contribution in [-0.4, -0.2) is 30.7 Å². The van der Waals surface area contributed by atoms with Crippen LogP contribution in [0.15, 0.2) is 60.7 Å². The van der Waals surface area contributed by atoms with Crippen molar-refractivity contribution in [3.63, 3.8) is 0 Å². The molecule has 9 heteroatoms. The maximum absolute atomic E-state index is 13.2. The van der Waals surface area contributed by atoms with Crippen LogP contribution in [-0.2, 0) is 15.5 Å². The lowest BCUT2D eigenvalue weighted by molar-refractivity contribution is -0.139. The predicted octanol–water partition coefficient (Wildman–Crippen LogP) is 8.58. The second-order valence-electron chi connectivity index (χ2n) is 11.5. The highest BCUT2D eigenvalue weighted by Crippen LogP contribution is 2.36. The molecule has 0 aliphatic carbocycles. The van der Waals surface area contributed by atoms with Crippen LogP contribution in [0.5, 0.6) is 5.75 Å². The van der Waals surface area contributed by atoms with E-state index in [-0.39, 0.29) is 30.5 Å². The highest BCUT2D eigenvalue weighted by atomic mass is 32.2. The summed E-state index contributed by atoms with van der Waals surface area (Å²) in [6, 6.07) is 18.1. The monoisotopic (exact) mass is 590 g/mol.